The van der Waals surface area contributed by atoms with Crippen LogP contribution in [0.4, 0.5) is 10.1 Å². The molecule has 2 amide bonds. The van der Waals surface area contributed by atoms with Crippen molar-refractivity contribution in [3.63, 3.8) is 0 Å². The number of anilines is 1. The van der Waals surface area contributed by atoms with Crippen LogP contribution in [-0.2, 0) is 22.6 Å². The SMILES string of the molecule is CC(=O)N(CCC(=O)N1CCc2ccccc2C1)c1ccc(F)c(Cl)c1. The molecule has 0 N–H and O–H groups in total. The van der Waals surface area contributed by atoms with Crippen LogP contribution >= 0.6 is 11.6 Å². The molecule has 0 saturated carbocycles. The van der Waals surface area contributed by atoms with Gasteiger partial charge in [-0.15, -0.1) is 0 Å². The van der Waals surface area contributed by atoms with Crippen molar-refractivity contribution in [1.29, 1.82) is 0 Å². The van der Waals surface area contributed by atoms with Gasteiger partial charge < -0.3 is 9.80 Å². The van der Waals surface area contributed by atoms with E-state index in [-0.39, 0.29) is 29.8 Å². The highest BCUT2D eigenvalue weighted by atomic mass is 35.5. The lowest BCUT2D eigenvalue weighted by molar-refractivity contribution is -0.131. The van der Waals surface area contributed by atoms with E-state index in [0.717, 1.165) is 6.42 Å². The molecular formula is C20H20ClFN2O2. The fraction of sp³-hybridized carbons (Fsp3) is 0.300. The van der Waals surface area contributed by atoms with Gasteiger partial charge in [0, 0.05) is 38.7 Å². The highest BCUT2D eigenvalue weighted by Gasteiger charge is 2.22. The Bertz CT molecular complexity index is 840. The molecule has 0 fully saturated rings. The molecule has 1 aliphatic heterocycles. The first kappa shape index (κ1) is 18.4. The fourth-order valence-electron chi connectivity index (χ4n) is 3.20. The molecule has 0 spiro atoms. The molecule has 2 aromatic rings. The van der Waals surface area contributed by atoms with Gasteiger partial charge in [-0.25, -0.2) is 4.39 Å². The summed E-state index contributed by atoms with van der Waals surface area (Å²) in [6.07, 6.45) is 1.04. The summed E-state index contributed by atoms with van der Waals surface area (Å²) in [6, 6.07) is 12.2. The van der Waals surface area contributed by atoms with Gasteiger partial charge in [0.25, 0.3) is 0 Å². The number of carbonyl (C=O) groups excluding carboxylic acids is 2. The molecule has 26 heavy (non-hydrogen) atoms. The lowest BCUT2D eigenvalue weighted by atomic mass is 10.00. The quantitative estimate of drug-likeness (QED) is 0.816. The molecule has 2 aromatic carbocycles. The summed E-state index contributed by atoms with van der Waals surface area (Å²) in [7, 11) is 0. The molecular weight excluding hydrogens is 355 g/mol. The third-order valence-corrected chi connectivity index (χ3v) is 4.92. The Morgan fingerprint density at radius 3 is 2.62 bits per heavy atom. The van der Waals surface area contributed by atoms with E-state index in [1.165, 1.54) is 41.1 Å². The highest BCUT2D eigenvalue weighted by Crippen LogP contribution is 2.24. The van der Waals surface area contributed by atoms with Gasteiger partial charge in [-0.1, -0.05) is 35.9 Å². The third kappa shape index (κ3) is 4.05. The number of nitrogens with zero attached hydrogens (tertiary/aromatic N) is 2. The zero-order valence-electron chi connectivity index (χ0n) is 14.5. The summed E-state index contributed by atoms with van der Waals surface area (Å²) >= 11 is 5.81. The van der Waals surface area contributed by atoms with Crippen LogP contribution in [0.15, 0.2) is 42.5 Å². The molecule has 0 aliphatic carbocycles. The second-order valence-electron chi connectivity index (χ2n) is 6.35. The van der Waals surface area contributed by atoms with Crippen molar-refractivity contribution in [2.45, 2.75) is 26.3 Å². The summed E-state index contributed by atoms with van der Waals surface area (Å²) in [5, 5.41) is -0.0484. The molecule has 4 nitrogen and oxygen atoms in total. The maximum absolute atomic E-state index is 13.3. The topological polar surface area (TPSA) is 40.6 Å². The number of fused-ring (bicyclic) bond motifs is 1. The summed E-state index contributed by atoms with van der Waals surface area (Å²) in [5.74, 6) is -0.759. The summed E-state index contributed by atoms with van der Waals surface area (Å²) in [6.45, 7) is 2.92. The van der Waals surface area contributed by atoms with Gasteiger partial charge >= 0.3 is 0 Å². The van der Waals surface area contributed by atoms with E-state index in [1.54, 1.807) is 0 Å². The second-order valence-corrected chi connectivity index (χ2v) is 6.76. The van der Waals surface area contributed by atoms with Crippen LogP contribution in [0.25, 0.3) is 0 Å². The van der Waals surface area contributed by atoms with Crippen LogP contribution in [-0.4, -0.2) is 29.8 Å². The summed E-state index contributed by atoms with van der Waals surface area (Å²) in [4.78, 5) is 27.8. The average molecular weight is 375 g/mol. The minimum atomic E-state index is -0.540. The Hall–Kier alpha value is -2.40. The molecule has 0 bridgehead atoms. The normalized spacial score (nSPS) is 13.3. The first-order valence-electron chi connectivity index (χ1n) is 8.53. The average Bonchev–Trinajstić information content (AvgIpc) is 2.64. The van der Waals surface area contributed by atoms with Crippen LogP contribution < -0.4 is 4.90 Å². The van der Waals surface area contributed by atoms with Gasteiger partial charge in [-0.2, -0.15) is 0 Å². The Morgan fingerprint density at radius 2 is 1.92 bits per heavy atom. The first-order valence-corrected chi connectivity index (χ1v) is 8.91. The summed E-state index contributed by atoms with van der Waals surface area (Å²) < 4.78 is 13.3. The molecule has 136 valence electrons. The number of hydrogen-bond donors (Lipinski definition) is 0. The Kier molecular flexibility index (Phi) is 5.57. The lowest BCUT2D eigenvalue weighted by Gasteiger charge is -2.30. The van der Waals surface area contributed by atoms with E-state index in [1.807, 2.05) is 23.1 Å². The van der Waals surface area contributed by atoms with Gasteiger partial charge in [0.2, 0.25) is 11.8 Å². The molecule has 0 atom stereocenters. The van der Waals surface area contributed by atoms with Gasteiger partial charge in [0.05, 0.1) is 5.02 Å². The lowest BCUT2D eigenvalue weighted by Crippen LogP contribution is -2.39. The fourth-order valence-corrected chi connectivity index (χ4v) is 3.37. The number of benzene rings is 2. The summed E-state index contributed by atoms with van der Waals surface area (Å²) in [5.41, 5.74) is 2.93. The van der Waals surface area contributed by atoms with Crippen molar-refractivity contribution in [2.75, 3.05) is 18.0 Å². The van der Waals surface area contributed by atoms with Crippen LogP contribution in [0, 0.1) is 5.82 Å². The standard InChI is InChI=1S/C20H20ClFN2O2/c1-14(25)24(17-6-7-19(22)18(21)12-17)11-9-20(26)23-10-8-15-4-2-3-5-16(15)13-23/h2-7,12H,8-11,13H2,1H3. The van der Waals surface area contributed by atoms with Crippen molar-refractivity contribution in [3.05, 3.63) is 64.4 Å². The molecule has 1 aliphatic rings. The third-order valence-electron chi connectivity index (χ3n) is 4.63. The van der Waals surface area contributed by atoms with Crippen LogP contribution in [0.1, 0.15) is 24.5 Å². The maximum Gasteiger partial charge on any atom is 0.224 e. The van der Waals surface area contributed by atoms with Gasteiger partial charge in [0.15, 0.2) is 0 Å². The van der Waals surface area contributed by atoms with Crippen molar-refractivity contribution in [2.24, 2.45) is 0 Å². The number of rotatable bonds is 4. The van der Waals surface area contributed by atoms with E-state index in [2.05, 4.69) is 6.07 Å². The van der Waals surface area contributed by atoms with E-state index >= 15 is 0 Å². The van der Waals surface area contributed by atoms with Crippen LogP contribution in [0.5, 0.6) is 0 Å². The number of carbonyl (C=O) groups is 2. The maximum atomic E-state index is 13.3. The molecule has 0 radical (unpaired) electrons. The smallest absolute Gasteiger partial charge is 0.224 e. The van der Waals surface area contributed by atoms with E-state index in [9.17, 15) is 14.0 Å². The Labute approximate surface area is 157 Å². The zero-order chi connectivity index (χ0) is 18.7. The van der Waals surface area contributed by atoms with Crippen LogP contribution in [0.3, 0.4) is 0 Å². The number of hydrogen-bond acceptors (Lipinski definition) is 2. The monoisotopic (exact) mass is 374 g/mol. The number of amides is 2. The van der Waals surface area contributed by atoms with Gasteiger partial charge in [-0.3, -0.25) is 9.59 Å². The number of halogens is 2. The van der Waals surface area contributed by atoms with Crippen molar-refractivity contribution < 1.29 is 14.0 Å². The van der Waals surface area contributed by atoms with Crippen molar-refractivity contribution in [3.8, 4) is 0 Å². The highest BCUT2D eigenvalue weighted by molar-refractivity contribution is 6.31. The molecule has 6 heteroatoms. The molecule has 3 rings (SSSR count). The van der Waals surface area contributed by atoms with Crippen molar-refractivity contribution in [1.82, 2.24) is 4.90 Å². The largest absolute Gasteiger partial charge is 0.338 e. The minimum Gasteiger partial charge on any atom is -0.338 e. The van der Waals surface area contributed by atoms with Crippen molar-refractivity contribution >= 4 is 29.1 Å². The predicted octanol–water partition coefficient (Wildman–Crippen LogP) is 3.81. The first-order chi connectivity index (χ1) is 12.5. The molecule has 0 saturated heterocycles. The van der Waals surface area contributed by atoms with E-state index < -0.39 is 5.82 Å². The predicted molar refractivity (Wildman–Crippen MR) is 99.6 cm³/mol. The Morgan fingerprint density at radius 1 is 1.19 bits per heavy atom. The molecule has 0 unspecified atom stereocenters. The van der Waals surface area contributed by atoms with E-state index in [4.69, 9.17) is 11.6 Å². The van der Waals surface area contributed by atoms with Gasteiger partial charge in [0.1, 0.15) is 5.82 Å². The van der Waals surface area contributed by atoms with Gasteiger partial charge in [-0.05, 0) is 35.7 Å². The van der Waals surface area contributed by atoms with Crippen LogP contribution in [0.2, 0.25) is 5.02 Å². The van der Waals surface area contributed by atoms with E-state index in [0.29, 0.717) is 18.8 Å². The zero-order valence-corrected chi connectivity index (χ0v) is 15.3. The second kappa shape index (κ2) is 7.87. The minimum absolute atomic E-state index is 0.000961. The molecule has 1 heterocycles. The Balaban J connectivity index is 1.65. The molecule has 0 aromatic heterocycles.